The first-order valence-electron chi connectivity index (χ1n) is 8.57. The minimum Gasteiger partial charge on any atom is -0.383 e. The van der Waals surface area contributed by atoms with Gasteiger partial charge in [0.25, 0.3) is 0 Å². The molecular formula is C22H15ClN4OS. The number of anilines is 1. The third-order valence-electron chi connectivity index (χ3n) is 4.33. The van der Waals surface area contributed by atoms with Crippen molar-refractivity contribution in [1.82, 2.24) is 4.98 Å². The monoisotopic (exact) mass is 418 g/mol. The normalized spacial score (nSPS) is 10.2. The Labute approximate surface area is 177 Å². The highest BCUT2D eigenvalue weighted by Gasteiger charge is 2.21. The Balaban J connectivity index is 2.03. The van der Waals surface area contributed by atoms with E-state index < -0.39 is 0 Å². The minimum atomic E-state index is -0.0743. The molecule has 0 aliphatic rings. The van der Waals surface area contributed by atoms with Crippen molar-refractivity contribution in [3.8, 4) is 23.3 Å². The fourth-order valence-electron chi connectivity index (χ4n) is 2.91. The van der Waals surface area contributed by atoms with Gasteiger partial charge in [-0.15, -0.1) is 0 Å². The Morgan fingerprint density at radius 3 is 2.38 bits per heavy atom. The van der Waals surface area contributed by atoms with Gasteiger partial charge in [0.2, 0.25) is 0 Å². The van der Waals surface area contributed by atoms with Crippen molar-refractivity contribution in [3.05, 3.63) is 75.8 Å². The Kier molecular flexibility index (Phi) is 6.19. The van der Waals surface area contributed by atoms with E-state index in [1.54, 1.807) is 30.3 Å². The molecule has 0 aliphatic heterocycles. The number of Topliss-reactive ketones (excluding diaryl/α,β-unsaturated/α-hetero) is 1. The minimum absolute atomic E-state index is 0.0160. The maximum atomic E-state index is 12.6. The first kappa shape index (κ1) is 20.4. The average molecular weight is 419 g/mol. The molecule has 0 aliphatic carbocycles. The van der Waals surface area contributed by atoms with Crippen molar-refractivity contribution < 1.29 is 4.79 Å². The first-order chi connectivity index (χ1) is 14.0. The second-order valence-electron chi connectivity index (χ2n) is 6.18. The van der Waals surface area contributed by atoms with Crippen LogP contribution in [0.2, 0.25) is 5.02 Å². The molecule has 0 bridgehead atoms. The third kappa shape index (κ3) is 4.25. The number of halogens is 1. The first-order valence-corrected chi connectivity index (χ1v) is 9.93. The highest BCUT2D eigenvalue weighted by Crippen LogP contribution is 2.36. The molecule has 0 saturated carbocycles. The molecule has 29 heavy (non-hydrogen) atoms. The molecule has 3 aromatic rings. The number of nitrogens with two attached hydrogens (primary N) is 1. The smallest absolute Gasteiger partial charge is 0.173 e. The fraction of sp³-hybridized carbons (Fsp3) is 0.0909. The van der Waals surface area contributed by atoms with Gasteiger partial charge in [-0.05, 0) is 30.2 Å². The summed E-state index contributed by atoms with van der Waals surface area (Å²) in [6, 6.07) is 18.2. The third-order valence-corrected chi connectivity index (χ3v) is 5.56. The summed E-state index contributed by atoms with van der Waals surface area (Å²) in [6.45, 7) is 1.87. The van der Waals surface area contributed by atoms with Crippen LogP contribution in [-0.4, -0.2) is 16.5 Å². The van der Waals surface area contributed by atoms with Gasteiger partial charge in [-0.25, -0.2) is 4.98 Å². The molecule has 0 amide bonds. The van der Waals surface area contributed by atoms with Gasteiger partial charge < -0.3 is 5.73 Å². The van der Waals surface area contributed by atoms with Crippen molar-refractivity contribution in [1.29, 1.82) is 10.5 Å². The van der Waals surface area contributed by atoms with Gasteiger partial charge in [0.15, 0.2) is 5.78 Å². The number of aryl methyl sites for hydroxylation is 1. The number of carbonyl (C=O) groups excluding carboxylic acids is 1. The van der Waals surface area contributed by atoms with Crippen LogP contribution >= 0.6 is 23.4 Å². The van der Waals surface area contributed by atoms with Crippen molar-refractivity contribution >= 4 is 35.0 Å². The number of rotatable bonds is 5. The number of hydrogen-bond acceptors (Lipinski definition) is 6. The van der Waals surface area contributed by atoms with E-state index in [0.29, 0.717) is 26.7 Å². The SMILES string of the molecule is Cc1ccccc1C(=O)CSc1nc(N)c(C#N)c(-c2ccc(Cl)cc2)c1C#N. The quantitative estimate of drug-likeness (QED) is 0.461. The van der Waals surface area contributed by atoms with E-state index in [9.17, 15) is 15.3 Å². The lowest BCUT2D eigenvalue weighted by Crippen LogP contribution is -2.07. The van der Waals surface area contributed by atoms with Crippen molar-refractivity contribution in [2.24, 2.45) is 0 Å². The summed E-state index contributed by atoms with van der Waals surface area (Å²) < 4.78 is 0. The second kappa shape index (κ2) is 8.79. The molecule has 1 aromatic heterocycles. The molecule has 7 heteroatoms. The van der Waals surface area contributed by atoms with Crippen LogP contribution < -0.4 is 5.73 Å². The van der Waals surface area contributed by atoms with Gasteiger partial charge in [-0.1, -0.05) is 59.8 Å². The number of pyridine rings is 1. The molecule has 5 nitrogen and oxygen atoms in total. The summed E-state index contributed by atoms with van der Waals surface area (Å²) in [5.41, 5.74) is 8.86. The predicted molar refractivity (Wildman–Crippen MR) is 115 cm³/mol. The lowest BCUT2D eigenvalue weighted by Gasteiger charge is -2.13. The van der Waals surface area contributed by atoms with Gasteiger partial charge in [0.05, 0.1) is 11.3 Å². The molecule has 0 unspecified atom stereocenters. The van der Waals surface area contributed by atoms with Gasteiger partial charge in [0.1, 0.15) is 28.5 Å². The maximum absolute atomic E-state index is 12.6. The lowest BCUT2D eigenvalue weighted by molar-refractivity contribution is 0.102. The van der Waals surface area contributed by atoms with E-state index in [4.69, 9.17) is 17.3 Å². The van der Waals surface area contributed by atoms with E-state index in [0.717, 1.165) is 17.3 Å². The molecule has 142 valence electrons. The van der Waals surface area contributed by atoms with Gasteiger partial charge in [0, 0.05) is 16.1 Å². The molecule has 2 N–H and O–H groups in total. The molecule has 0 saturated heterocycles. The molecule has 2 aromatic carbocycles. The summed E-state index contributed by atoms with van der Waals surface area (Å²) in [5.74, 6) is 0.0369. The highest BCUT2D eigenvalue weighted by molar-refractivity contribution is 8.00. The van der Waals surface area contributed by atoms with Crippen LogP contribution in [0.15, 0.2) is 53.6 Å². The summed E-state index contributed by atoms with van der Waals surface area (Å²) in [4.78, 5) is 16.8. The fourth-order valence-corrected chi connectivity index (χ4v) is 3.91. The van der Waals surface area contributed by atoms with Gasteiger partial charge in [-0.3, -0.25) is 4.79 Å². The zero-order valence-corrected chi connectivity index (χ0v) is 17.0. The Morgan fingerprint density at radius 2 is 1.76 bits per heavy atom. The molecule has 0 fully saturated rings. The van der Waals surface area contributed by atoms with Crippen LogP contribution in [0.5, 0.6) is 0 Å². The van der Waals surface area contributed by atoms with Crippen LogP contribution in [0, 0.1) is 29.6 Å². The topological polar surface area (TPSA) is 104 Å². The van der Waals surface area contributed by atoms with Crippen molar-refractivity contribution in [3.63, 3.8) is 0 Å². The van der Waals surface area contributed by atoms with E-state index in [-0.39, 0.29) is 28.5 Å². The number of nitrogens with zero attached hydrogens (tertiary/aromatic N) is 3. The summed E-state index contributed by atoms with van der Waals surface area (Å²) in [6.07, 6.45) is 0. The molecule has 0 radical (unpaired) electrons. The molecule has 0 spiro atoms. The standard InChI is InChI=1S/C22H15ClN4OS/c1-13-4-2-3-5-16(13)19(28)12-29-22-18(11-25)20(17(10-24)21(26)27-22)14-6-8-15(23)9-7-14/h2-9H,12H2,1H3,(H2,26,27). The molecule has 1 heterocycles. The number of ketones is 1. The van der Waals surface area contributed by atoms with Crippen molar-refractivity contribution in [2.75, 3.05) is 11.5 Å². The van der Waals surface area contributed by atoms with E-state index >= 15 is 0 Å². The van der Waals surface area contributed by atoms with Gasteiger partial charge >= 0.3 is 0 Å². The zero-order chi connectivity index (χ0) is 21.0. The van der Waals surface area contributed by atoms with Gasteiger partial charge in [-0.2, -0.15) is 10.5 Å². The predicted octanol–water partition coefficient (Wildman–Crippen LogP) is 5.01. The van der Waals surface area contributed by atoms with E-state index in [1.807, 2.05) is 31.2 Å². The number of nitriles is 2. The lowest BCUT2D eigenvalue weighted by atomic mass is 9.97. The van der Waals surface area contributed by atoms with E-state index in [1.165, 1.54) is 0 Å². The number of nitrogen functional groups attached to an aromatic ring is 1. The Bertz CT molecular complexity index is 1180. The van der Waals surface area contributed by atoms with Crippen LogP contribution in [0.3, 0.4) is 0 Å². The summed E-state index contributed by atoms with van der Waals surface area (Å²) in [5, 5.41) is 20.2. The average Bonchev–Trinajstić information content (AvgIpc) is 2.72. The maximum Gasteiger partial charge on any atom is 0.173 e. The molecule has 0 atom stereocenters. The summed E-state index contributed by atoms with van der Waals surface area (Å²) >= 11 is 7.09. The Hall–Kier alpha value is -3.32. The number of benzene rings is 2. The van der Waals surface area contributed by atoms with Crippen LogP contribution in [0.4, 0.5) is 5.82 Å². The Morgan fingerprint density at radius 1 is 1.10 bits per heavy atom. The summed E-state index contributed by atoms with van der Waals surface area (Å²) in [7, 11) is 0. The van der Waals surface area contributed by atoms with Crippen molar-refractivity contribution in [2.45, 2.75) is 11.9 Å². The molecular weight excluding hydrogens is 404 g/mol. The number of hydrogen-bond donors (Lipinski definition) is 1. The second-order valence-corrected chi connectivity index (χ2v) is 7.58. The van der Waals surface area contributed by atoms with E-state index in [2.05, 4.69) is 11.1 Å². The zero-order valence-electron chi connectivity index (χ0n) is 15.4. The van der Waals surface area contributed by atoms with Crippen LogP contribution in [-0.2, 0) is 0 Å². The van der Waals surface area contributed by atoms with Crippen LogP contribution in [0.1, 0.15) is 27.0 Å². The molecule has 3 rings (SSSR count). The number of aromatic nitrogens is 1. The number of carbonyl (C=O) groups is 1. The largest absolute Gasteiger partial charge is 0.383 e. The van der Waals surface area contributed by atoms with Crippen LogP contribution in [0.25, 0.3) is 11.1 Å². The number of thioether (sulfide) groups is 1. The highest BCUT2D eigenvalue weighted by atomic mass is 35.5.